The van der Waals surface area contributed by atoms with Gasteiger partial charge in [-0.05, 0) is 18.2 Å². The van der Waals surface area contributed by atoms with Crippen LogP contribution in [0.1, 0.15) is 29.0 Å². The number of fused-ring (bicyclic) bond motifs is 1. The molecular formula is C12H11BrN2OS. The van der Waals surface area contributed by atoms with E-state index in [1.54, 1.807) is 11.3 Å². The van der Waals surface area contributed by atoms with Gasteiger partial charge in [-0.3, -0.25) is 4.98 Å². The lowest BCUT2D eigenvalue weighted by molar-refractivity contribution is 0.164. The van der Waals surface area contributed by atoms with Gasteiger partial charge in [0.2, 0.25) is 0 Å². The highest BCUT2D eigenvalue weighted by Crippen LogP contribution is 2.41. The second kappa shape index (κ2) is 4.40. The molecule has 0 saturated carbocycles. The fourth-order valence-corrected chi connectivity index (χ4v) is 3.07. The minimum absolute atomic E-state index is 0.0170. The first-order valence-electron chi connectivity index (χ1n) is 5.34. The highest BCUT2D eigenvalue weighted by atomic mass is 79.9. The summed E-state index contributed by atoms with van der Waals surface area (Å²) in [7, 11) is 0. The predicted octanol–water partition coefficient (Wildman–Crippen LogP) is 3.43. The van der Waals surface area contributed by atoms with Crippen molar-refractivity contribution in [2.45, 2.75) is 18.6 Å². The molecule has 0 radical (unpaired) electrons. The number of nitrogens with two attached hydrogens (primary N) is 1. The molecule has 17 heavy (non-hydrogen) atoms. The summed E-state index contributed by atoms with van der Waals surface area (Å²) in [5.74, 6) is 0.880. The summed E-state index contributed by atoms with van der Waals surface area (Å²) >= 11 is 5.06. The van der Waals surface area contributed by atoms with Crippen molar-refractivity contribution < 1.29 is 4.74 Å². The molecule has 0 spiro atoms. The van der Waals surface area contributed by atoms with E-state index in [2.05, 4.69) is 20.9 Å². The molecule has 3 nitrogen and oxygen atoms in total. The van der Waals surface area contributed by atoms with Gasteiger partial charge in [0.15, 0.2) is 0 Å². The highest BCUT2D eigenvalue weighted by Gasteiger charge is 2.27. The van der Waals surface area contributed by atoms with Crippen molar-refractivity contribution in [2.75, 3.05) is 0 Å². The first-order valence-corrected chi connectivity index (χ1v) is 7.01. The van der Waals surface area contributed by atoms with E-state index in [1.165, 1.54) is 0 Å². The lowest BCUT2D eigenvalue weighted by Gasteiger charge is -2.29. The van der Waals surface area contributed by atoms with Gasteiger partial charge in [0, 0.05) is 28.7 Å². The van der Waals surface area contributed by atoms with Gasteiger partial charge in [-0.25, -0.2) is 0 Å². The van der Waals surface area contributed by atoms with E-state index in [0.717, 1.165) is 27.1 Å². The number of hydrogen-bond acceptors (Lipinski definition) is 4. The number of rotatable bonds is 1. The maximum atomic E-state index is 6.20. The maximum absolute atomic E-state index is 6.20. The summed E-state index contributed by atoms with van der Waals surface area (Å²) in [4.78, 5) is 5.22. The van der Waals surface area contributed by atoms with Crippen molar-refractivity contribution in [3.05, 3.63) is 44.8 Å². The normalized spacial score (nSPS) is 22.9. The Balaban J connectivity index is 1.96. The van der Waals surface area contributed by atoms with Crippen LogP contribution in [0.25, 0.3) is 0 Å². The third-order valence-corrected chi connectivity index (χ3v) is 4.24. The van der Waals surface area contributed by atoms with Crippen LogP contribution < -0.4 is 10.5 Å². The zero-order valence-electron chi connectivity index (χ0n) is 8.97. The molecule has 3 rings (SSSR count). The molecule has 5 heteroatoms. The standard InChI is InChI=1S/C12H11BrN2OS/c13-7-1-2-10-8(3-7)9(14)4-11(16-10)12-5-15-6-17-12/h1-3,5-6,9,11H,4,14H2. The third-order valence-electron chi connectivity index (χ3n) is 2.88. The molecular weight excluding hydrogens is 300 g/mol. The molecule has 2 heterocycles. The Kier molecular flexibility index (Phi) is 2.90. The van der Waals surface area contributed by atoms with E-state index in [0.29, 0.717) is 0 Å². The Bertz CT molecular complexity index is 529. The van der Waals surface area contributed by atoms with Gasteiger partial charge >= 0.3 is 0 Å². The number of ether oxygens (including phenoxy) is 1. The predicted molar refractivity (Wildman–Crippen MR) is 71.2 cm³/mol. The van der Waals surface area contributed by atoms with Crippen LogP contribution in [0.15, 0.2) is 34.4 Å². The Morgan fingerprint density at radius 3 is 3.12 bits per heavy atom. The molecule has 0 fully saturated rings. The van der Waals surface area contributed by atoms with Crippen LogP contribution in [0.3, 0.4) is 0 Å². The van der Waals surface area contributed by atoms with Gasteiger partial charge in [-0.1, -0.05) is 15.9 Å². The molecule has 0 amide bonds. The SMILES string of the molecule is NC1CC(c2cncs2)Oc2ccc(Br)cc21. The summed E-state index contributed by atoms with van der Waals surface area (Å²) in [6, 6.07) is 5.99. The number of nitrogens with zero attached hydrogens (tertiary/aromatic N) is 1. The fraction of sp³-hybridized carbons (Fsp3) is 0.250. The van der Waals surface area contributed by atoms with Crippen molar-refractivity contribution in [1.82, 2.24) is 4.98 Å². The molecule has 2 atom stereocenters. The molecule has 0 bridgehead atoms. The molecule has 1 aromatic carbocycles. The van der Waals surface area contributed by atoms with Crippen molar-refractivity contribution in [3.8, 4) is 5.75 Å². The number of aromatic nitrogens is 1. The van der Waals surface area contributed by atoms with E-state index in [-0.39, 0.29) is 12.1 Å². The number of halogens is 1. The number of benzene rings is 1. The van der Waals surface area contributed by atoms with Crippen LogP contribution in [0, 0.1) is 0 Å². The summed E-state index contributed by atoms with van der Waals surface area (Å²) in [6.45, 7) is 0. The van der Waals surface area contributed by atoms with Crippen LogP contribution in [-0.4, -0.2) is 4.98 Å². The fourth-order valence-electron chi connectivity index (χ4n) is 2.03. The van der Waals surface area contributed by atoms with Crippen molar-refractivity contribution in [1.29, 1.82) is 0 Å². The van der Waals surface area contributed by atoms with Gasteiger partial charge in [0.1, 0.15) is 11.9 Å². The van der Waals surface area contributed by atoms with E-state index in [1.807, 2.05) is 29.9 Å². The van der Waals surface area contributed by atoms with E-state index in [4.69, 9.17) is 10.5 Å². The molecule has 2 unspecified atom stereocenters. The zero-order chi connectivity index (χ0) is 11.8. The van der Waals surface area contributed by atoms with Crippen LogP contribution in [0.5, 0.6) is 5.75 Å². The monoisotopic (exact) mass is 310 g/mol. The van der Waals surface area contributed by atoms with Crippen LogP contribution in [0.4, 0.5) is 0 Å². The smallest absolute Gasteiger partial charge is 0.136 e. The Labute approximate surface area is 112 Å². The summed E-state index contributed by atoms with van der Waals surface area (Å²) in [6.07, 6.45) is 2.68. The highest BCUT2D eigenvalue weighted by molar-refractivity contribution is 9.10. The van der Waals surface area contributed by atoms with Gasteiger partial charge in [-0.2, -0.15) is 0 Å². The first kappa shape index (κ1) is 11.2. The number of hydrogen-bond donors (Lipinski definition) is 1. The van der Waals surface area contributed by atoms with E-state index in [9.17, 15) is 0 Å². The average molecular weight is 311 g/mol. The van der Waals surface area contributed by atoms with Crippen molar-refractivity contribution in [3.63, 3.8) is 0 Å². The Hall–Kier alpha value is -0.910. The second-order valence-electron chi connectivity index (χ2n) is 4.03. The molecule has 2 N–H and O–H groups in total. The molecule has 0 aliphatic carbocycles. The van der Waals surface area contributed by atoms with Gasteiger partial charge in [0.05, 0.1) is 10.4 Å². The molecule has 1 aromatic heterocycles. The topological polar surface area (TPSA) is 48.1 Å². The lowest BCUT2D eigenvalue weighted by Crippen LogP contribution is -2.23. The quantitative estimate of drug-likeness (QED) is 0.878. The van der Waals surface area contributed by atoms with Crippen LogP contribution in [0.2, 0.25) is 0 Å². The van der Waals surface area contributed by atoms with Crippen molar-refractivity contribution in [2.24, 2.45) is 5.73 Å². The minimum atomic E-state index is 0.0170. The average Bonchev–Trinajstić information content (AvgIpc) is 2.83. The summed E-state index contributed by atoms with van der Waals surface area (Å²) in [5, 5.41) is 0. The molecule has 2 aromatic rings. The first-order chi connectivity index (χ1) is 8.24. The van der Waals surface area contributed by atoms with E-state index >= 15 is 0 Å². The van der Waals surface area contributed by atoms with Crippen LogP contribution >= 0.6 is 27.3 Å². The van der Waals surface area contributed by atoms with Crippen molar-refractivity contribution >= 4 is 27.3 Å². The summed E-state index contributed by atoms with van der Waals surface area (Å²) in [5.41, 5.74) is 9.09. The maximum Gasteiger partial charge on any atom is 0.136 e. The second-order valence-corrected chi connectivity index (χ2v) is 5.87. The molecule has 1 aliphatic rings. The molecule has 0 saturated heterocycles. The largest absolute Gasteiger partial charge is 0.484 e. The van der Waals surface area contributed by atoms with Gasteiger partial charge < -0.3 is 10.5 Å². The Morgan fingerprint density at radius 1 is 1.47 bits per heavy atom. The van der Waals surface area contributed by atoms with Crippen LogP contribution in [-0.2, 0) is 0 Å². The zero-order valence-corrected chi connectivity index (χ0v) is 11.4. The third kappa shape index (κ3) is 2.10. The minimum Gasteiger partial charge on any atom is -0.484 e. The lowest BCUT2D eigenvalue weighted by atomic mass is 9.97. The van der Waals surface area contributed by atoms with Gasteiger partial charge in [-0.15, -0.1) is 11.3 Å². The number of thiazole rings is 1. The van der Waals surface area contributed by atoms with Gasteiger partial charge in [0.25, 0.3) is 0 Å². The summed E-state index contributed by atoms with van der Waals surface area (Å²) < 4.78 is 7.01. The van der Waals surface area contributed by atoms with E-state index < -0.39 is 0 Å². The molecule has 88 valence electrons. The Morgan fingerprint density at radius 2 is 2.35 bits per heavy atom. The molecule has 1 aliphatic heterocycles.